The fraction of sp³-hybridized carbons (Fsp3) is 0.368. The number of halogens is 2. The van der Waals surface area contributed by atoms with Gasteiger partial charge in [0, 0.05) is 46.1 Å². The van der Waals surface area contributed by atoms with Crippen LogP contribution in [0.4, 0.5) is 0 Å². The van der Waals surface area contributed by atoms with Crippen molar-refractivity contribution in [2.75, 3.05) is 20.6 Å². The van der Waals surface area contributed by atoms with E-state index < -0.39 is 0 Å². The Hall–Kier alpha value is -1.74. The second kappa shape index (κ2) is 9.45. The fourth-order valence-electron chi connectivity index (χ4n) is 3.18. The number of guanidine groups is 1. The Bertz CT molecular complexity index is 930. The predicted octanol–water partition coefficient (Wildman–Crippen LogP) is 3.66. The molecule has 0 bridgehead atoms. The highest BCUT2D eigenvalue weighted by atomic mass is 127. The molecule has 0 amide bonds. The van der Waals surface area contributed by atoms with E-state index in [-0.39, 0.29) is 24.0 Å². The van der Waals surface area contributed by atoms with E-state index in [4.69, 9.17) is 11.6 Å². The van der Waals surface area contributed by atoms with Gasteiger partial charge in [-0.25, -0.2) is 4.98 Å². The lowest BCUT2D eigenvalue weighted by Gasteiger charge is -2.22. The van der Waals surface area contributed by atoms with Crippen molar-refractivity contribution in [3.63, 3.8) is 0 Å². The lowest BCUT2D eigenvalue weighted by Crippen LogP contribution is -2.40. The van der Waals surface area contributed by atoms with E-state index >= 15 is 0 Å². The number of nitrogens with zero attached hydrogens (tertiary/aromatic N) is 5. The largest absolute Gasteiger partial charge is 0.354 e. The van der Waals surface area contributed by atoms with Crippen molar-refractivity contribution in [1.82, 2.24) is 24.3 Å². The highest BCUT2D eigenvalue weighted by molar-refractivity contribution is 14.0. The van der Waals surface area contributed by atoms with Crippen molar-refractivity contribution < 1.29 is 0 Å². The Labute approximate surface area is 182 Å². The quantitative estimate of drug-likeness (QED) is 0.330. The van der Waals surface area contributed by atoms with Crippen molar-refractivity contribution in [3.8, 4) is 0 Å². The topological polar surface area (TPSA) is 50.4 Å². The molecule has 0 spiro atoms. The Morgan fingerprint density at radius 2 is 2.07 bits per heavy atom. The first-order chi connectivity index (χ1) is 12.5. The Morgan fingerprint density at radius 3 is 2.74 bits per heavy atom. The second-order valence-corrected chi connectivity index (χ2v) is 6.83. The van der Waals surface area contributed by atoms with Crippen LogP contribution in [0, 0.1) is 6.92 Å². The minimum atomic E-state index is 0. The summed E-state index contributed by atoms with van der Waals surface area (Å²) in [6.45, 7) is 4.37. The molecule has 3 aromatic rings. The zero-order valence-electron chi connectivity index (χ0n) is 16.1. The minimum absolute atomic E-state index is 0. The summed E-state index contributed by atoms with van der Waals surface area (Å²) in [5, 5.41) is 4.18. The summed E-state index contributed by atoms with van der Waals surface area (Å²) in [5.41, 5.74) is 3.33. The molecule has 0 fully saturated rings. The molecule has 0 radical (unpaired) electrons. The molecule has 0 saturated heterocycles. The number of aliphatic imine (C=N–C) groups is 1. The van der Waals surface area contributed by atoms with Crippen molar-refractivity contribution in [1.29, 1.82) is 0 Å². The first-order valence-electron chi connectivity index (χ1n) is 8.64. The summed E-state index contributed by atoms with van der Waals surface area (Å²) >= 11 is 6.07. The SMILES string of the molecule is CN=C(NCCn1c(C)nc2ccccc21)N(C)Cc1cc(Cl)cn1C.I. The number of fused-ring (bicyclic) bond motifs is 1. The number of nitrogens with one attached hydrogen (secondary N) is 1. The van der Waals surface area contributed by atoms with E-state index in [0.29, 0.717) is 0 Å². The van der Waals surface area contributed by atoms with E-state index in [2.05, 4.69) is 30.8 Å². The number of hydrogen-bond acceptors (Lipinski definition) is 2. The van der Waals surface area contributed by atoms with E-state index in [0.717, 1.165) is 53.2 Å². The van der Waals surface area contributed by atoms with Crippen LogP contribution in [0.25, 0.3) is 11.0 Å². The van der Waals surface area contributed by atoms with Gasteiger partial charge in [0.1, 0.15) is 5.82 Å². The molecule has 0 saturated carbocycles. The van der Waals surface area contributed by atoms with Gasteiger partial charge in [-0.1, -0.05) is 23.7 Å². The summed E-state index contributed by atoms with van der Waals surface area (Å²) in [6, 6.07) is 10.2. The monoisotopic (exact) mass is 500 g/mol. The maximum Gasteiger partial charge on any atom is 0.193 e. The van der Waals surface area contributed by atoms with Gasteiger partial charge in [-0.15, -0.1) is 24.0 Å². The molecule has 0 aliphatic carbocycles. The highest BCUT2D eigenvalue weighted by Crippen LogP contribution is 2.15. The van der Waals surface area contributed by atoms with Crippen LogP contribution in [0.3, 0.4) is 0 Å². The summed E-state index contributed by atoms with van der Waals surface area (Å²) < 4.78 is 4.26. The van der Waals surface area contributed by atoms with Crippen molar-refractivity contribution in [2.45, 2.75) is 20.0 Å². The van der Waals surface area contributed by atoms with Crippen LogP contribution in [0.1, 0.15) is 11.5 Å². The van der Waals surface area contributed by atoms with Crippen molar-refractivity contribution in [2.24, 2.45) is 12.0 Å². The summed E-state index contributed by atoms with van der Waals surface area (Å²) in [4.78, 5) is 11.1. The summed E-state index contributed by atoms with van der Waals surface area (Å²) in [6.07, 6.45) is 1.91. The molecule has 2 aromatic heterocycles. The molecule has 0 unspecified atom stereocenters. The molecule has 146 valence electrons. The number of imidazole rings is 1. The van der Waals surface area contributed by atoms with Crippen LogP contribution in [0.2, 0.25) is 5.02 Å². The average molecular weight is 501 g/mol. The second-order valence-electron chi connectivity index (χ2n) is 6.39. The van der Waals surface area contributed by atoms with Gasteiger partial charge in [0.15, 0.2) is 5.96 Å². The maximum absolute atomic E-state index is 6.07. The summed E-state index contributed by atoms with van der Waals surface area (Å²) in [5.74, 6) is 1.87. The molecule has 2 heterocycles. The van der Waals surface area contributed by atoms with Crippen LogP contribution >= 0.6 is 35.6 Å². The first kappa shape index (κ1) is 21.6. The van der Waals surface area contributed by atoms with E-state index in [1.165, 1.54) is 0 Å². The standard InChI is InChI=1S/C19H25ClN6.HI/c1-14-23-17-7-5-6-8-18(17)26(14)10-9-22-19(21-2)25(4)13-16-11-15(20)12-24(16)3;/h5-8,11-12H,9-10,13H2,1-4H3,(H,21,22);1H. The number of rotatable bonds is 5. The van der Waals surface area contributed by atoms with Crippen molar-refractivity contribution >= 4 is 52.6 Å². The molecular weight excluding hydrogens is 475 g/mol. The van der Waals surface area contributed by atoms with Gasteiger partial charge in [-0.05, 0) is 25.1 Å². The molecule has 3 rings (SSSR count). The number of aryl methyl sites for hydroxylation is 2. The van der Waals surface area contributed by atoms with Crippen LogP contribution < -0.4 is 5.32 Å². The van der Waals surface area contributed by atoms with Crippen LogP contribution in [-0.4, -0.2) is 45.6 Å². The van der Waals surface area contributed by atoms with Gasteiger partial charge in [0.25, 0.3) is 0 Å². The third-order valence-electron chi connectivity index (χ3n) is 4.51. The van der Waals surface area contributed by atoms with E-state index in [1.54, 1.807) is 7.05 Å². The lowest BCUT2D eigenvalue weighted by atomic mass is 10.3. The predicted molar refractivity (Wildman–Crippen MR) is 123 cm³/mol. The molecule has 1 N–H and O–H groups in total. The average Bonchev–Trinajstić information content (AvgIpc) is 3.09. The molecule has 1 aromatic carbocycles. The number of aromatic nitrogens is 3. The normalized spacial score (nSPS) is 11.5. The molecule has 8 heteroatoms. The van der Waals surface area contributed by atoms with Gasteiger partial charge in [0.2, 0.25) is 0 Å². The van der Waals surface area contributed by atoms with Gasteiger partial charge in [-0.3, -0.25) is 4.99 Å². The zero-order valence-corrected chi connectivity index (χ0v) is 19.2. The molecule has 0 atom stereocenters. The smallest absolute Gasteiger partial charge is 0.193 e. The van der Waals surface area contributed by atoms with Crippen LogP contribution in [0.5, 0.6) is 0 Å². The molecular formula is C19H26ClIN6. The van der Waals surface area contributed by atoms with Gasteiger partial charge in [-0.2, -0.15) is 0 Å². The van der Waals surface area contributed by atoms with Crippen LogP contribution in [0.15, 0.2) is 41.5 Å². The number of para-hydroxylation sites is 2. The van der Waals surface area contributed by atoms with E-state index in [9.17, 15) is 0 Å². The van der Waals surface area contributed by atoms with Gasteiger partial charge in [0.05, 0.1) is 22.6 Å². The molecule has 27 heavy (non-hydrogen) atoms. The van der Waals surface area contributed by atoms with Crippen molar-refractivity contribution in [3.05, 3.63) is 53.1 Å². The number of benzene rings is 1. The molecule has 6 nitrogen and oxygen atoms in total. The molecule has 0 aliphatic heterocycles. The fourth-order valence-corrected chi connectivity index (χ4v) is 3.46. The summed E-state index contributed by atoms with van der Waals surface area (Å²) in [7, 11) is 5.82. The first-order valence-corrected chi connectivity index (χ1v) is 9.01. The Kier molecular flexibility index (Phi) is 7.55. The minimum Gasteiger partial charge on any atom is -0.354 e. The Morgan fingerprint density at radius 1 is 1.33 bits per heavy atom. The van der Waals surface area contributed by atoms with Gasteiger partial charge < -0.3 is 19.4 Å². The Balaban J connectivity index is 0.00000261. The number of hydrogen-bond donors (Lipinski definition) is 1. The van der Waals surface area contributed by atoms with E-state index in [1.807, 2.05) is 56.0 Å². The maximum atomic E-state index is 6.07. The highest BCUT2D eigenvalue weighted by Gasteiger charge is 2.11. The third-order valence-corrected chi connectivity index (χ3v) is 4.72. The van der Waals surface area contributed by atoms with Gasteiger partial charge >= 0.3 is 0 Å². The zero-order chi connectivity index (χ0) is 18.7. The van der Waals surface area contributed by atoms with Crippen LogP contribution in [-0.2, 0) is 20.1 Å². The third kappa shape index (κ3) is 4.95. The molecule has 0 aliphatic rings. The lowest BCUT2D eigenvalue weighted by molar-refractivity contribution is 0.459.